The molecule has 0 saturated heterocycles. The van der Waals surface area contributed by atoms with Gasteiger partial charge in [-0.25, -0.2) is 0 Å². The van der Waals surface area contributed by atoms with Crippen molar-refractivity contribution >= 4 is 17.7 Å². The number of ether oxygens (including phenoxy) is 3. The first kappa shape index (κ1) is 23.1. The lowest BCUT2D eigenvalue weighted by Crippen LogP contribution is -2.47. The molecule has 156 valence electrons. The number of hydrogen-bond donors (Lipinski definition) is 2. The van der Waals surface area contributed by atoms with Crippen LogP contribution in [0.5, 0.6) is 17.2 Å². The molecule has 0 aliphatic carbocycles. The van der Waals surface area contributed by atoms with E-state index in [0.717, 1.165) is 0 Å². The number of carbonyl (C=O) groups is 3. The molecule has 28 heavy (non-hydrogen) atoms. The Bertz CT molecular complexity index is 702. The Morgan fingerprint density at radius 3 is 1.96 bits per heavy atom. The van der Waals surface area contributed by atoms with E-state index in [2.05, 4.69) is 10.6 Å². The summed E-state index contributed by atoms with van der Waals surface area (Å²) in [6.45, 7) is 5.20. The highest BCUT2D eigenvalue weighted by molar-refractivity contribution is 5.98. The van der Waals surface area contributed by atoms with Crippen LogP contribution < -0.4 is 24.8 Å². The fourth-order valence-electron chi connectivity index (χ4n) is 2.37. The third kappa shape index (κ3) is 6.64. The molecule has 0 radical (unpaired) electrons. The third-order valence-corrected chi connectivity index (χ3v) is 3.65. The van der Waals surface area contributed by atoms with Crippen molar-refractivity contribution in [1.82, 2.24) is 15.5 Å². The number of benzene rings is 1. The van der Waals surface area contributed by atoms with E-state index in [-0.39, 0.29) is 30.1 Å². The van der Waals surface area contributed by atoms with E-state index in [1.54, 1.807) is 0 Å². The molecule has 0 heterocycles. The van der Waals surface area contributed by atoms with Crippen LogP contribution >= 0.6 is 0 Å². The fourth-order valence-corrected chi connectivity index (χ4v) is 2.37. The first-order valence-electron chi connectivity index (χ1n) is 8.65. The minimum Gasteiger partial charge on any atom is -0.493 e. The maximum absolute atomic E-state index is 12.4. The van der Waals surface area contributed by atoms with Crippen LogP contribution in [-0.2, 0) is 9.59 Å². The smallest absolute Gasteiger partial charge is 0.251 e. The lowest BCUT2D eigenvalue weighted by molar-refractivity contribution is -0.134. The first-order valence-corrected chi connectivity index (χ1v) is 8.65. The van der Waals surface area contributed by atoms with E-state index >= 15 is 0 Å². The standard InChI is InChI=1S/C19H29N3O6/c1-19(2,3)21-15(23)11-22(4)16(24)10-20-18(25)12-8-13(26-5)17(28-7)14(9-12)27-6/h8-9H,10-11H2,1-7H3,(H,20,25)(H,21,23). The fraction of sp³-hybridized carbons (Fsp3) is 0.526. The molecule has 0 fully saturated rings. The molecule has 0 aliphatic heterocycles. The van der Waals surface area contributed by atoms with Crippen LogP contribution in [0.4, 0.5) is 0 Å². The van der Waals surface area contributed by atoms with Gasteiger partial charge >= 0.3 is 0 Å². The SMILES string of the molecule is COc1cc(C(=O)NCC(=O)N(C)CC(=O)NC(C)(C)C)cc(OC)c1OC. The summed E-state index contributed by atoms with van der Waals surface area (Å²) in [6, 6.07) is 2.98. The zero-order valence-corrected chi connectivity index (χ0v) is 17.5. The summed E-state index contributed by atoms with van der Waals surface area (Å²) in [5, 5.41) is 5.30. The van der Waals surface area contributed by atoms with Gasteiger partial charge in [-0.3, -0.25) is 14.4 Å². The van der Waals surface area contributed by atoms with Gasteiger partial charge in [-0.05, 0) is 32.9 Å². The lowest BCUT2D eigenvalue weighted by atomic mass is 10.1. The number of methoxy groups -OCH3 is 3. The van der Waals surface area contributed by atoms with Crippen molar-refractivity contribution in [2.24, 2.45) is 0 Å². The molecular weight excluding hydrogens is 366 g/mol. The van der Waals surface area contributed by atoms with Crippen molar-refractivity contribution in [2.45, 2.75) is 26.3 Å². The second kappa shape index (κ2) is 9.82. The second-order valence-corrected chi connectivity index (χ2v) is 7.14. The van der Waals surface area contributed by atoms with Gasteiger partial charge in [0.05, 0.1) is 34.4 Å². The summed E-state index contributed by atoms with van der Waals surface area (Å²) in [4.78, 5) is 37.7. The van der Waals surface area contributed by atoms with Crippen LogP contribution in [0, 0.1) is 0 Å². The number of amides is 3. The molecule has 0 bridgehead atoms. The molecule has 0 saturated carbocycles. The molecule has 9 nitrogen and oxygen atoms in total. The number of likely N-dealkylation sites (N-methyl/N-ethyl adjacent to an activating group) is 1. The molecule has 0 unspecified atom stereocenters. The molecule has 0 atom stereocenters. The van der Waals surface area contributed by atoms with E-state index in [1.807, 2.05) is 20.8 Å². The summed E-state index contributed by atoms with van der Waals surface area (Å²) in [5.74, 6) is -0.143. The zero-order chi connectivity index (χ0) is 21.5. The topological polar surface area (TPSA) is 106 Å². The third-order valence-electron chi connectivity index (χ3n) is 3.65. The highest BCUT2D eigenvalue weighted by Crippen LogP contribution is 2.38. The first-order chi connectivity index (χ1) is 13.0. The van der Waals surface area contributed by atoms with E-state index in [1.165, 1.54) is 45.4 Å². The molecule has 0 spiro atoms. The van der Waals surface area contributed by atoms with Crippen LogP contribution in [0.1, 0.15) is 31.1 Å². The molecule has 3 amide bonds. The van der Waals surface area contributed by atoms with Crippen molar-refractivity contribution in [3.05, 3.63) is 17.7 Å². The van der Waals surface area contributed by atoms with Crippen molar-refractivity contribution in [3.63, 3.8) is 0 Å². The van der Waals surface area contributed by atoms with E-state index in [0.29, 0.717) is 17.2 Å². The summed E-state index contributed by atoms with van der Waals surface area (Å²) in [5.41, 5.74) is -0.141. The van der Waals surface area contributed by atoms with Crippen molar-refractivity contribution < 1.29 is 28.6 Å². The Labute approximate surface area is 165 Å². The number of nitrogens with one attached hydrogen (secondary N) is 2. The van der Waals surface area contributed by atoms with Gasteiger partial charge in [0.1, 0.15) is 0 Å². The normalized spacial score (nSPS) is 10.7. The van der Waals surface area contributed by atoms with Gasteiger partial charge in [0, 0.05) is 18.2 Å². The van der Waals surface area contributed by atoms with Crippen LogP contribution in [0.3, 0.4) is 0 Å². The summed E-state index contributed by atoms with van der Waals surface area (Å²) < 4.78 is 15.6. The maximum atomic E-state index is 12.4. The highest BCUT2D eigenvalue weighted by atomic mass is 16.5. The summed E-state index contributed by atoms with van der Waals surface area (Å²) >= 11 is 0. The van der Waals surface area contributed by atoms with E-state index in [9.17, 15) is 14.4 Å². The summed E-state index contributed by atoms with van der Waals surface area (Å²) in [7, 11) is 5.85. The van der Waals surface area contributed by atoms with Crippen molar-refractivity contribution in [1.29, 1.82) is 0 Å². The Kier molecular flexibility index (Phi) is 8.09. The van der Waals surface area contributed by atoms with Gasteiger partial charge in [0.2, 0.25) is 17.6 Å². The minimum absolute atomic E-state index is 0.101. The van der Waals surface area contributed by atoms with Crippen LogP contribution in [-0.4, -0.2) is 69.6 Å². The second-order valence-electron chi connectivity index (χ2n) is 7.14. The molecule has 1 aromatic carbocycles. The number of rotatable bonds is 8. The van der Waals surface area contributed by atoms with Gasteiger partial charge in [-0.2, -0.15) is 0 Å². The summed E-state index contributed by atoms with van der Waals surface area (Å²) in [6.07, 6.45) is 0. The number of hydrogen-bond acceptors (Lipinski definition) is 6. The lowest BCUT2D eigenvalue weighted by Gasteiger charge is -2.23. The van der Waals surface area contributed by atoms with E-state index in [4.69, 9.17) is 14.2 Å². The molecule has 1 aromatic rings. The van der Waals surface area contributed by atoms with Crippen molar-refractivity contribution in [2.75, 3.05) is 41.5 Å². The minimum atomic E-state index is -0.486. The van der Waals surface area contributed by atoms with Gasteiger partial charge < -0.3 is 29.7 Å². The van der Waals surface area contributed by atoms with Crippen LogP contribution in [0.2, 0.25) is 0 Å². The predicted octanol–water partition coefficient (Wildman–Crippen LogP) is 0.815. The molecule has 1 rings (SSSR count). The predicted molar refractivity (Wildman–Crippen MR) is 104 cm³/mol. The van der Waals surface area contributed by atoms with Gasteiger partial charge in [0.15, 0.2) is 11.5 Å². The average molecular weight is 395 g/mol. The molecule has 2 N–H and O–H groups in total. The molecule has 0 aromatic heterocycles. The average Bonchev–Trinajstić information content (AvgIpc) is 2.62. The van der Waals surface area contributed by atoms with Crippen LogP contribution in [0.25, 0.3) is 0 Å². The highest BCUT2D eigenvalue weighted by Gasteiger charge is 2.20. The molecule has 0 aliphatic rings. The van der Waals surface area contributed by atoms with Crippen LogP contribution in [0.15, 0.2) is 12.1 Å². The Morgan fingerprint density at radius 2 is 1.54 bits per heavy atom. The quantitative estimate of drug-likeness (QED) is 0.675. The Balaban J connectivity index is 2.73. The maximum Gasteiger partial charge on any atom is 0.251 e. The largest absolute Gasteiger partial charge is 0.493 e. The van der Waals surface area contributed by atoms with Crippen molar-refractivity contribution in [3.8, 4) is 17.2 Å². The Hall–Kier alpha value is -2.97. The van der Waals surface area contributed by atoms with Gasteiger partial charge in [0.25, 0.3) is 5.91 Å². The zero-order valence-electron chi connectivity index (χ0n) is 17.5. The van der Waals surface area contributed by atoms with E-state index < -0.39 is 11.8 Å². The number of carbonyl (C=O) groups excluding carboxylic acids is 3. The van der Waals surface area contributed by atoms with Gasteiger partial charge in [-0.1, -0.05) is 0 Å². The molecule has 9 heteroatoms. The van der Waals surface area contributed by atoms with Gasteiger partial charge in [-0.15, -0.1) is 0 Å². The Morgan fingerprint density at radius 1 is 1.00 bits per heavy atom. The number of nitrogens with zero attached hydrogens (tertiary/aromatic N) is 1. The monoisotopic (exact) mass is 395 g/mol. The molecular formula is C19H29N3O6.